The predicted octanol–water partition coefficient (Wildman–Crippen LogP) is 7.81. The summed E-state index contributed by atoms with van der Waals surface area (Å²) in [4.78, 5) is 61.6. The highest BCUT2D eigenvalue weighted by Gasteiger charge is 2.36. The summed E-state index contributed by atoms with van der Waals surface area (Å²) in [5.74, 6) is -0.106. The van der Waals surface area contributed by atoms with Crippen LogP contribution in [-0.4, -0.2) is 89.5 Å². The Morgan fingerprint density at radius 2 is 1.57 bits per heavy atom. The molecule has 4 aromatic carbocycles. The fourth-order valence-corrected chi connectivity index (χ4v) is 7.29. The molecule has 0 radical (unpaired) electrons. The number of nitrogens with zero attached hydrogens (tertiary/aromatic N) is 3. The normalized spacial score (nSPS) is 16.1. The number of rotatable bonds is 6. The van der Waals surface area contributed by atoms with Crippen molar-refractivity contribution in [2.24, 2.45) is 0 Å². The van der Waals surface area contributed by atoms with E-state index >= 15 is 0 Å². The van der Waals surface area contributed by atoms with Gasteiger partial charge in [0.1, 0.15) is 17.0 Å². The molecule has 53 heavy (non-hydrogen) atoms. The number of aromatic amines is 1. The largest absolute Gasteiger partial charge is 0.444 e. The molecule has 1 fully saturated rings. The highest BCUT2D eigenvalue weighted by atomic mass is 79.9. The molecule has 0 aliphatic carbocycles. The van der Waals surface area contributed by atoms with Crippen LogP contribution in [0.15, 0.2) is 78.9 Å². The number of amides is 4. The molecular weight excluding hydrogens is 740 g/mol. The molecule has 5 aromatic rings. The molecule has 0 spiro atoms. The first-order chi connectivity index (χ1) is 25.4. The van der Waals surface area contributed by atoms with Gasteiger partial charge in [-0.05, 0) is 87.3 Å². The Morgan fingerprint density at radius 1 is 0.868 bits per heavy atom. The van der Waals surface area contributed by atoms with E-state index in [1.165, 1.54) is 0 Å². The van der Waals surface area contributed by atoms with Gasteiger partial charge in [-0.25, -0.2) is 9.59 Å². The number of likely N-dealkylation sites (N-methyl/N-ethyl adjacent to an activating group) is 1. The van der Waals surface area contributed by atoms with E-state index in [9.17, 15) is 19.2 Å². The number of carbonyl (C=O) groups is 4. The van der Waals surface area contributed by atoms with E-state index in [4.69, 9.17) is 9.47 Å². The molecule has 1 aromatic heterocycles. The van der Waals surface area contributed by atoms with Gasteiger partial charge in [-0.3, -0.25) is 14.9 Å². The Morgan fingerprint density at radius 3 is 2.26 bits per heavy atom. The number of ether oxygens (including phenoxy) is 2. The standard InChI is InChI=1S/C40H41BrN6O6/c1-40(2,3)53-38(50)43-27-11-9-24(10-12-27)36(48)42-28-13-14-31-25(19-28)20-32(44-31)37(49)47-23-26(22-41)35-30-8-6-5-7-29(30)34(21-33(35)47)52-39(51)46-17-15-45(4)16-18-46/h5-14,19-21,26,44H,15-18,22-23H2,1-4H3,(H,42,48)(H,43,50)/t26-/m1/s1. The third kappa shape index (κ3) is 7.72. The first-order valence-corrected chi connectivity index (χ1v) is 18.6. The Labute approximate surface area is 315 Å². The van der Waals surface area contributed by atoms with Crippen LogP contribution in [-0.2, 0) is 4.74 Å². The molecule has 4 amide bonds. The fraction of sp³-hybridized carbons (Fsp3) is 0.300. The molecule has 12 nitrogen and oxygen atoms in total. The van der Waals surface area contributed by atoms with Crippen LogP contribution in [0.25, 0.3) is 21.7 Å². The zero-order valence-corrected chi connectivity index (χ0v) is 31.6. The van der Waals surface area contributed by atoms with Crippen molar-refractivity contribution in [2.45, 2.75) is 32.3 Å². The molecule has 13 heteroatoms. The van der Waals surface area contributed by atoms with E-state index < -0.39 is 17.8 Å². The molecule has 274 valence electrons. The van der Waals surface area contributed by atoms with Gasteiger partial charge in [-0.2, -0.15) is 0 Å². The number of hydrogen-bond acceptors (Lipinski definition) is 7. The Kier molecular flexibility index (Phi) is 9.88. The van der Waals surface area contributed by atoms with E-state index in [0.29, 0.717) is 59.0 Å². The Balaban J connectivity index is 1.10. The van der Waals surface area contributed by atoms with Crippen molar-refractivity contribution in [3.63, 3.8) is 0 Å². The van der Waals surface area contributed by atoms with Crippen LogP contribution in [0.1, 0.15) is 53.1 Å². The van der Waals surface area contributed by atoms with Crippen molar-refractivity contribution < 1.29 is 28.7 Å². The topological polar surface area (TPSA) is 136 Å². The Bertz CT molecular complexity index is 2220. The lowest BCUT2D eigenvalue weighted by atomic mass is 9.95. The number of benzene rings is 4. The monoisotopic (exact) mass is 780 g/mol. The number of aromatic nitrogens is 1. The van der Waals surface area contributed by atoms with E-state index in [1.54, 1.807) is 67.0 Å². The molecule has 0 saturated carbocycles. The quantitative estimate of drug-likeness (QED) is 0.150. The Hall–Kier alpha value is -5.40. The van der Waals surface area contributed by atoms with E-state index in [-0.39, 0.29) is 17.7 Å². The maximum Gasteiger partial charge on any atom is 0.415 e. The van der Waals surface area contributed by atoms with Gasteiger partial charge < -0.3 is 34.5 Å². The van der Waals surface area contributed by atoms with Crippen molar-refractivity contribution in [1.29, 1.82) is 0 Å². The van der Waals surface area contributed by atoms with Gasteiger partial charge >= 0.3 is 12.2 Å². The summed E-state index contributed by atoms with van der Waals surface area (Å²) < 4.78 is 11.3. The van der Waals surface area contributed by atoms with E-state index in [2.05, 4.69) is 36.4 Å². The summed E-state index contributed by atoms with van der Waals surface area (Å²) in [7, 11) is 2.03. The molecule has 7 rings (SSSR count). The average molecular weight is 782 g/mol. The fourth-order valence-electron chi connectivity index (χ4n) is 6.76. The third-order valence-electron chi connectivity index (χ3n) is 9.42. The van der Waals surface area contributed by atoms with Crippen LogP contribution < -0.4 is 20.3 Å². The van der Waals surface area contributed by atoms with Gasteiger partial charge in [0, 0.05) is 83.3 Å². The first kappa shape index (κ1) is 36.0. The number of alkyl halides is 1. The van der Waals surface area contributed by atoms with Crippen LogP contribution in [0.5, 0.6) is 5.75 Å². The molecule has 0 unspecified atom stereocenters. The second-order valence-electron chi connectivity index (χ2n) is 14.4. The summed E-state index contributed by atoms with van der Waals surface area (Å²) in [5, 5.41) is 8.73. The van der Waals surface area contributed by atoms with Gasteiger partial charge in [0.2, 0.25) is 0 Å². The highest BCUT2D eigenvalue weighted by Crippen LogP contribution is 2.46. The molecule has 2 aliphatic heterocycles. The number of piperazine rings is 1. The van der Waals surface area contributed by atoms with E-state index in [1.807, 2.05) is 49.5 Å². The second-order valence-corrected chi connectivity index (χ2v) is 15.1. The van der Waals surface area contributed by atoms with Crippen molar-refractivity contribution >= 4 is 78.7 Å². The number of fused-ring (bicyclic) bond motifs is 4. The van der Waals surface area contributed by atoms with Crippen LogP contribution >= 0.6 is 15.9 Å². The lowest BCUT2D eigenvalue weighted by Gasteiger charge is -2.31. The van der Waals surface area contributed by atoms with Crippen LogP contribution in [0.3, 0.4) is 0 Å². The smallest absolute Gasteiger partial charge is 0.415 e. The van der Waals surface area contributed by atoms with Crippen LogP contribution in [0.4, 0.5) is 26.7 Å². The number of hydrogen-bond donors (Lipinski definition) is 3. The number of H-pyrrole nitrogens is 1. The van der Waals surface area contributed by atoms with Crippen molar-refractivity contribution in [3.05, 3.63) is 95.7 Å². The lowest BCUT2D eigenvalue weighted by molar-refractivity contribution is 0.0635. The minimum absolute atomic E-state index is 0.0228. The minimum Gasteiger partial charge on any atom is -0.444 e. The predicted molar refractivity (Wildman–Crippen MR) is 210 cm³/mol. The van der Waals surface area contributed by atoms with Gasteiger partial charge in [-0.1, -0.05) is 40.2 Å². The number of halogens is 1. The van der Waals surface area contributed by atoms with Crippen molar-refractivity contribution in [3.8, 4) is 5.75 Å². The molecule has 1 saturated heterocycles. The number of anilines is 3. The molecular formula is C40H41BrN6O6. The first-order valence-electron chi connectivity index (χ1n) is 17.5. The minimum atomic E-state index is -0.628. The SMILES string of the molecule is CN1CCN(C(=O)Oc2cc3c(c4ccccc24)[C@H](CBr)CN3C(=O)c2cc3cc(NC(=O)c4ccc(NC(=O)OC(C)(C)C)cc4)ccc3[nH]2)CC1. The van der Waals surface area contributed by atoms with Crippen LogP contribution in [0, 0.1) is 0 Å². The van der Waals surface area contributed by atoms with Gasteiger partial charge in [0.15, 0.2) is 0 Å². The zero-order valence-electron chi connectivity index (χ0n) is 30.0. The van der Waals surface area contributed by atoms with Crippen LogP contribution in [0.2, 0.25) is 0 Å². The molecule has 0 bridgehead atoms. The van der Waals surface area contributed by atoms with Gasteiger partial charge in [0.25, 0.3) is 11.8 Å². The summed E-state index contributed by atoms with van der Waals surface area (Å²) in [6.45, 7) is 8.52. The highest BCUT2D eigenvalue weighted by molar-refractivity contribution is 9.09. The molecule has 1 atom stereocenters. The molecule has 3 N–H and O–H groups in total. The summed E-state index contributed by atoms with van der Waals surface area (Å²) in [6.07, 6.45) is -0.980. The molecule has 3 heterocycles. The third-order valence-corrected chi connectivity index (χ3v) is 10.2. The average Bonchev–Trinajstić information content (AvgIpc) is 3.72. The number of nitrogens with one attached hydrogen (secondary N) is 3. The van der Waals surface area contributed by atoms with Crippen molar-refractivity contribution in [2.75, 3.05) is 60.6 Å². The second kappa shape index (κ2) is 14.6. The lowest BCUT2D eigenvalue weighted by Crippen LogP contribution is -2.48. The summed E-state index contributed by atoms with van der Waals surface area (Å²) in [6, 6.07) is 23.3. The van der Waals surface area contributed by atoms with E-state index in [0.717, 1.165) is 40.3 Å². The maximum atomic E-state index is 14.3. The van der Waals surface area contributed by atoms with Crippen molar-refractivity contribution in [1.82, 2.24) is 14.8 Å². The summed E-state index contributed by atoms with van der Waals surface area (Å²) >= 11 is 3.68. The van der Waals surface area contributed by atoms with Gasteiger partial charge in [0.05, 0.1) is 5.69 Å². The summed E-state index contributed by atoms with van der Waals surface area (Å²) in [5.41, 5.74) is 3.69. The zero-order chi connectivity index (χ0) is 37.4. The molecule has 2 aliphatic rings. The maximum absolute atomic E-state index is 14.3. The number of carbonyl (C=O) groups excluding carboxylic acids is 4. The van der Waals surface area contributed by atoms with Gasteiger partial charge in [-0.15, -0.1) is 0 Å².